The van der Waals surface area contributed by atoms with E-state index in [1.165, 1.54) is 6.07 Å². The molecule has 7 nitrogen and oxygen atoms in total. The second-order valence-electron chi connectivity index (χ2n) is 6.68. The number of carbonyl (C=O) groups excluding carboxylic acids is 2. The summed E-state index contributed by atoms with van der Waals surface area (Å²) in [5.74, 6) is -0.494. The average molecular weight is 382 g/mol. The largest absolute Gasteiger partial charge is 0.338 e. The molecule has 2 amide bonds. The van der Waals surface area contributed by atoms with E-state index in [4.69, 9.17) is 0 Å². The van der Waals surface area contributed by atoms with Gasteiger partial charge in [0, 0.05) is 38.4 Å². The van der Waals surface area contributed by atoms with Gasteiger partial charge in [-0.3, -0.25) is 9.88 Å². The van der Waals surface area contributed by atoms with Crippen LogP contribution in [0.3, 0.4) is 0 Å². The van der Waals surface area contributed by atoms with Crippen molar-refractivity contribution < 1.29 is 14.0 Å². The van der Waals surface area contributed by atoms with Crippen molar-refractivity contribution in [2.75, 3.05) is 36.8 Å². The fraction of sp³-hybridized carbons (Fsp3) is 0.316. The smallest absolute Gasteiger partial charge is 0.323 e. The van der Waals surface area contributed by atoms with Gasteiger partial charge in [-0.2, -0.15) is 0 Å². The van der Waals surface area contributed by atoms with Crippen molar-refractivity contribution in [2.45, 2.75) is 13.5 Å². The molecule has 0 aliphatic carbocycles. The summed E-state index contributed by atoms with van der Waals surface area (Å²) in [6.45, 7) is 5.67. The predicted octanol–water partition coefficient (Wildman–Crippen LogP) is 2.10. The number of nitrogens with zero attached hydrogens (tertiary/aromatic N) is 3. The van der Waals surface area contributed by atoms with Gasteiger partial charge in [0.1, 0.15) is 5.82 Å². The molecule has 0 spiro atoms. The summed E-state index contributed by atoms with van der Waals surface area (Å²) in [7, 11) is 1.55. The first-order valence-electron chi connectivity index (χ1n) is 9.07. The molecule has 2 heterocycles. The average Bonchev–Trinajstić information content (AvgIpc) is 2.68. The second kappa shape index (κ2) is 9.43. The summed E-state index contributed by atoms with van der Waals surface area (Å²) in [5.41, 5.74) is 2.41. The van der Waals surface area contributed by atoms with Crippen LogP contribution in [0.25, 0.3) is 0 Å². The van der Waals surface area contributed by atoms with Crippen molar-refractivity contribution in [2.24, 2.45) is 0 Å². The van der Waals surface area contributed by atoms with Crippen LogP contribution in [-0.2, 0) is 11.3 Å². The van der Waals surface area contributed by atoms with Crippen LogP contribution in [0, 0.1) is 12.7 Å². The number of hydrogen-bond donors (Lipinski definition) is 2. The van der Waals surface area contributed by atoms with Crippen molar-refractivity contribution in [3.63, 3.8) is 0 Å². The van der Waals surface area contributed by atoms with Crippen molar-refractivity contribution in [3.05, 3.63) is 53.6 Å². The molecule has 0 saturated carbocycles. The van der Waals surface area contributed by atoms with Gasteiger partial charge in [0.25, 0.3) is 7.41 Å². The Hall–Kier alpha value is -2.78. The highest BCUT2D eigenvalue weighted by Gasteiger charge is 2.17. The maximum absolute atomic E-state index is 14.1. The van der Waals surface area contributed by atoms with E-state index in [0.717, 1.165) is 43.6 Å². The molecule has 3 rings (SSSR count). The monoisotopic (exact) mass is 382 g/mol. The zero-order valence-corrected chi connectivity index (χ0v) is 15.7. The number of nitrogens with one attached hydrogen (secondary N) is 2. The normalized spacial score (nSPS) is 15.1. The van der Waals surface area contributed by atoms with E-state index in [9.17, 15) is 14.0 Å². The summed E-state index contributed by atoms with van der Waals surface area (Å²) in [6, 6.07) is 7.70. The van der Waals surface area contributed by atoms with E-state index in [0.29, 0.717) is 12.2 Å². The molecule has 1 aromatic carbocycles. The highest BCUT2D eigenvalue weighted by atomic mass is 19.1. The minimum absolute atomic E-state index is 0.128. The lowest BCUT2D eigenvalue weighted by molar-refractivity contribution is 0.183. The quantitative estimate of drug-likeness (QED) is 0.591. The first-order chi connectivity index (χ1) is 13.5. The first kappa shape index (κ1) is 20.0. The lowest BCUT2D eigenvalue weighted by Crippen LogP contribution is -2.47. The molecule has 0 unspecified atom stereocenters. The van der Waals surface area contributed by atoms with E-state index in [1.807, 2.05) is 11.7 Å². The zero-order valence-electron chi connectivity index (χ0n) is 15.7. The van der Waals surface area contributed by atoms with Crippen molar-refractivity contribution in [1.29, 1.82) is 0 Å². The number of hydrogen-bond acceptors (Lipinski definition) is 5. The number of benzene rings is 1. The van der Waals surface area contributed by atoms with Gasteiger partial charge in [0.2, 0.25) is 0 Å². The lowest BCUT2D eigenvalue weighted by atomic mass is 9.93. The van der Waals surface area contributed by atoms with Gasteiger partial charge in [-0.1, -0.05) is 6.07 Å². The maximum Gasteiger partial charge on any atom is 0.323 e. The van der Waals surface area contributed by atoms with Gasteiger partial charge >= 0.3 is 6.03 Å². The molecule has 1 radical (unpaired) electrons. The summed E-state index contributed by atoms with van der Waals surface area (Å²) in [6.07, 6.45) is 2.34. The van der Waals surface area contributed by atoms with E-state index in [-0.39, 0.29) is 5.69 Å². The Morgan fingerprint density at radius 2 is 2.00 bits per heavy atom. The van der Waals surface area contributed by atoms with Crippen LogP contribution in [0.2, 0.25) is 0 Å². The van der Waals surface area contributed by atoms with Crippen LogP contribution in [0.4, 0.5) is 20.6 Å². The Morgan fingerprint density at radius 1 is 1.21 bits per heavy atom. The van der Waals surface area contributed by atoms with E-state index in [2.05, 4.69) is 20.5 Å². The second-order valence-corrected chi connectivity index (χ2v) is 6.68. The van der Waals surface area contributed by atoms with Crippen LogP contribution < -0.4 is 10.6 Å². The third-order valence-electron chi connectivity index (χ3n) is 4.53. The number of urea groups is 1. The number of rotatable bonds is 6. The molecule has 2 N–H and O–H groups in total. The molecule has 9 heteroatoms. The van der Waals surface area contributed by atoms with Crippen LogP contribution in [0.15, 0.2) is 36.5 Å². The van der Waals surface area contributed by atoms with Gasteiger partial charge in [-0.25, -0.2) is 9.18 Å². The molecule has 1 aliphatic rings. The highest BCUT2D eigenvalue weighted by molar-refractivity contribution is 6.64. The molecule has 145 valence electrons. The molecule has 1 aliphatic heterocycles. The molecule has 1 fully saturated rings. The Kier molecular flexibility index (Phi) is 6.73. The van der Waals surface area contributed by atoms with Crippen LogP contribution >= 0.6 is 0 Å². The van der Waals surface area contributed by atoms with Gasteiger partial charge in [-0.15, -0.1) is 0 Å². The van der Waals surface area contributed by atoms with E-state index >= 15 is 0 Å². The van der Waals surface area contributed by atoms with Crippen molar-refractivity contribution in [3.8, 4) is 0 Å². The Balaban J connectivity index is 1.57. The van der Waals surface area contributed by atoms with Gasteiger partial charge in [-0.05, 0) is 36.8 Å². The number of amides is 2. The molecule has 1 aromatic heterocycles. The minimum atomic E-state index is -0.528. The number of anilines is 2. The number of halogens is 1. The number of pyridine rings is 1. The number of piperazine rings is 1. The fourth-order valence-corrected chi connectivity index (χ4v) is 3.01. The molecule has 0 atom stereocenters. The topological polar surface area (TPSA) is 77.6 Å². The Morgan fingerprint density at radius 3 is 2.68 bits per heavy atom. The SMILES string of the molecule is Cc1ccc(NC(=O)Nc2cc(CN3CCN([B]C=O)CC3)ccc2F)cn1. The molecule has 0 bridgehead atoms. The van der Waals surface area contributed by atoms with E-state index < -0.39 is 11.8 Å². The highest BCUT2D eigenvalue weighted by Crippen LogP contribution is 2.19. The first-order valence-corrected chi connectivity index (χ1v) is 9.07. The van der Waals surface area contributed by atoms with Gasteiger partial charge < -0.3 is 20.2 Å². The zero-order chi connectivity index (χ0) is 19.9. The molecule has 1 saturated heterocycles. The molecular weight excluding hydrogens is 360 g/mol. The van der Waals surface area contributed by atoms with Crippen molar-refractivity contribution in [1.82, 2.24) is 14.7 Å². The molecular formula is C19H22BFN5O2. The summed E-state index contributed by atoms with van der Waals surface area (Å²) >= 11 is 0. The fourth-order valence-electron chi connectivity index (χ4n) is 3.01. The number of aromatic nitrogens is 1. The molecule has 2 aromatic rings. The summed E-state index contributed by atoms with van der Waals surface area (Å²) in [4.78, 5) is 31.0. The van der Waals surface area contributed by atoms with Gasteiger partial charge in [0.05, 0.1) is 23.8 Å². The standard InChI is InChI=1S/C19H22BFN5O2/c1-14-2-4-16(11-22-14)23-19(28)24-18-10-15(3-5-17(18)21)12-25-6-8-26(9-7-25)20-13-27/h2-5,10-11,13H,6-9,12H2,1H3,(H2,23,24,28). The Bertz CT molecular complexity index is 826. The number of aryl methyl sites for hydroxylation is 1. The van der Waals surface area contributed by atoms with Crippen LogP contribution in [-0.4, -0.2) is 60.5 Å². The third-order valence-corrected chi connectivity index (χ3v) is 4.53. The summed E-state index contributed by atoms with van der Waals surface area (Å²) < 4.78 is 14.1. The third kappa shape index (κ3) is 5.61. The van der Waals surface area contributed by atoms with Crippen LogP contribution in [0.1, 0.15) is 11.3 Å². The minimum Gasteiger partial charge on any atom is -0.338 e. The van der Waals surface area contributed by atoms with E-state index in [1.54, 1.807) is 37.9 Å². The number of carbonyl (C=O) groups is 2. The maximum atomic E-state index is 14.1. The van der Waals surface area contributed by atoms with Crippen molar-refractivity contribution >= 4 is 31.0 Å². The summed E-state index contributed by atoms with van der Waals surface area (Å²) in [5, 5.41) is 5.19. The molecule has 28 heavy (non-hydrogen) atoms. The van der Waals surface area contributed by atoms with Crippen LogP contribution in [0.5, 0.6) is 0 Å². The Labute approximate surface area is 164 Å². The predicted molar refractivity (Wildman–Crippen MR) is 107 cm³/mol. The van der Waals surface area contributed by atoms with Gasteiger partial charge in [0.15, 0.2) is 0 Å². The lowest BCUT2D eigenvalue weighted by Gasteiger charge is -2.33.